The SMILES string of the molecule is CNC(=O)[C@@H](NC(=O)[C@@H]1CN(C(=O)c2cnn(Cc3ccccc3)c2)CC12CN(C(=O)[C@H]1CC1(C)C)C2)[C@@H](C)O[Si](C)(C)C(C)(C)C. The fourth-order valence-electron chi connectivity index (χ4n) is 6.81. The minimum absolute atomic E-state index is 0.00475. The first-order valence-electron chi connectivity index (χ1n) is 16.7. The van der Waals surface area contributed by atoms with Crippen molar-refractivity contribution in [1.29, 1.82) is 0 Å². The van der Waals surface area contributed by atoms with Gasteiger partial charge in [-0.25, -0.2) is 0 Å². The molecular weight excluding hydrogens is 613 g/mol. The molecule has 256 valence electrons. The molecule has 3 heterocycles. The predicted octanol–water partition coefficient (Wildman–Crippen LogP) is 3.52. The van der Waals surface area contributed by atoms with Gasteiger partial charge in [0.05, 0.1) is 30.3 Å². The van der Waals surface area contributed by atoms with E-state index in [0.717, 1.165) is 12.0 Å². The van der Waals surface area contributed by atoms with E-state index in [9.17, 15) is 19.2 Å². The zero-order valence-electron chi connectivity index (χ0n) is 29.4. The highest BCUT2D eigenvalue weighted by Crippen LogP contribution is 2.54. The number of rotatable bonds is 10. The van der Waals surface area contributed by atoms with Gasteiger partial charge in [0, 0.05) is 50.8 Å². The van der Waals surface area contributed by atoms with Crippen molar-refractivity contribution in [1.82, 2.24) is 30.2 Å². The van der Waals surface area contributed by atoms with Crippen molar-refractivity contribution in [2.75, 3.05) is 33.2 Å². The van der Waals surface area contributed by atoms with E-state index < -0.39 is 31.8 Å². The van der Waals surface area contributed by atoms with Gasteiger partial charge in [0.1, 0.15) is 6.04 Å². The van der Waals surface area contributed by atoms with Crippen LogP contribution in [0.1, 0.15) is 63.9 Å². The highest BCUT2D eigenvalue weighted by molar-refractivity contribution is 6.74. The zero-order valence-corrected chi connectivity index (χ0v) is 30.4. The molecule has 2 N–H and O–H groups in total. The third-order valence-corrected chi connectivity index (χ3v) is 15.6. The van der Waals surface area contributed by atoms with Gasteiger partial charge in [-0.1, -0.05) is 65.0 Å². The Morgan fingerprint density at radius 3 is 2.23 bits per heavy atom. The lowest BCUT2D eigenvalue weighted by molar-refractivity contribution is -0.152. The van der Waals surface area contributed by atoms with Gasteiger partial charge in [-0.15, -0.1) is 0 Å². The van der Waals surface area contributed by atoms with E-state index in [2.05, 4.69) is 63.4 Å². The Kier molecular flexibility index (Phi) is 9.26. The number of nitrogens with zero attached hydrogens (tertiary/aromatic N) is 4. The number of likely N-dealkylation sites (tertiary alicyclic amines) is 2. The van der Waals surface area contributed by atoms with E-state index in [1.54, 1.807) is 29.0 Å². The van der Waals surface area contributed by atoms with Gasteiger partial charge < -0.3 is 24.9 Å². The number of amides is 4. The summed E-state index contributed by atoms with van der Waals surface area (Å²) in [6.45, 7) is 18.5. The quantitative estimate of drug-likeness (QED) is 0.375. The number of hydrogen-bond donors (Lipinski definition) is 2. The number of hydrogen-bond acceptors (Lipinski definition) is 6. The molecule has 3 aliphatic rings. The highest BCUT2D eigenvalue weighted by Gasteiger charge is 2.62. The third-order valence-electron chi connectivity index (χ3n) is 11.0. The van der Waals surface area contributed by atoms with Crippen molar-refractivity contribution < 1.29 is 23.6 Å². The van der Waals surface area contributed by atoms with Crippen LogP contribution in [0, 0.1) is 22.7 Å². The summed E-state index contributed by atoms with van der Waals surface area (Å²) in [5.74, 6) is -1.34. The lowest BCUT2D eigenvalue weighted by atomic mass is 9.70. The number of likely N-dealkylation sites (N-methyl/N-ethyl adjacent to an activating group) is 1. The second-order valence-corrected chi connectivity index (χ2v) is 20.9. The molecule has 12 heteroatoms. The summed E-state index contributed by atoms with van der Waals surface area (Å²) >= 11 is 0. The molecule has 2 aromatic rings. The van der Waals surface area contributed by atoms with Crippen LogP contribution >= 0.6 is 0 Å². The molecule has 11 nitrogen and oxygen atoms in total. The second kappa shape index (κ2) is 12.5. The van der Waals surface area contributed by atoms with Gasteiger partial charge >= 0.3 is 0 Å². The lowest BCUT2D eigenvalue weighted by Gasteiger charge is -2.50. The summed E-state index contributed by atoms with van der Waals surface area (Å²) in [5, 5.41) is 10.0. The molecule has 2 saturated heterocycles. The van der Waals surface area contributed by atoms with Gasteiger partial charge in [-0.05, 0) is 42.5 Å². The van der Waals surface area contributed by atoms with E-state index in [4.69, 9.17) is 4.43 Å². The summed E-state index contributed by atoms with van der Waals surface area (Å²) in [5.41, 5.74) is 0.909. The van der Waals surface area contributed by atoms with Crippen molar-refractivity contribution in [2.24, 2.45) is 22.7 Å². The highest BCUT2D eigenvalue weighted by atomic mass is 28.4. The van der Waals surface area contributed by atoms with Crippen molar-refractivity contribution in [3.05, 3.63) is 53.9 Å². The minimum Gasteiger partial charge on any atom is -0.412 e. The molecule has 47 heavy (non-hydrogen) atoms. The maximum Gasteiger partial charge on any atom is 0.257 e. The van der Waals surface area contributed by atoms with Crippen molar-refractivity contribution in [2.45, 2.75) is 84.8 Å². The average molecular weight is 665 g/mol. The summed E-state index contributed by atoms with van der Waals surface area (Å²) in [7, 11) is -0.711. The van der Waals surface area contributed by atoms with Gasteiger partial charge in [0.15, 0.2) is 8.32 Å². The maximum absolute atomic E-state index is 14.2. The first-order chi connectivity index (χ1) is 21.9. The fourth-order valence-corrected chi connectivity index (χ4v) is 8.23. The van der Waals surface area contributed by atoms with Gasteiger partial charge in [-0.2, -0.15) is 5.10 Å². The first-order valence-corrected chi connectivity index (χ1v) is 19.6. The monoisotopic (exact) mass is 664 g/mol. The fraction of sp³-hybridized carbons (Fsp3) is 0.629. The Bertz CT molecular complexity index is 1510. The van der Waals surface area contributed by atoms with Crippen molar-refractivity contribution in [3.63, 3.8) is 0 Å². The van der Waals surface area contributed by atoms with Crippen LogP contribution in [0.3, 0.4) is 0 Å². The molecule has 2 aliphatic heterocycles. The normalized spacial score (nSPS) is 22.7. The summed E-state index contributed by atoms with van der Waals surface area (Å²) < 4.78 is 8.28. The van der Waals surface area contributed by atoms with Crippen LogP contribution in [0.2, 0.25) is 18.1 Å². The van der Waals surface area contributed by atoms with Crippen LogP contribution in [0.15, 0.2) is 42.7 Å². The predicted molar refractivity (Wildman–Crippen MR) is 182 cm³/mol. The maximum atomic E-state index is 14.2. The standard InChI is InChI=1S/C35H52N6O5Si/c1-23(46-47(8,9)33(2,3)4)28(30(43)36-7)38-29(42)27-19-39(20-35(27)21-40(22-35)32(45)26-15-34(26,5)6)31(44)25-16-37-41(18-25)17-24-13-11-10-12-14-24/h10-14,16,18,23,26-28H,15,17,19-22H2,1-9H3,(H,36,43)(H,38,42)/t23-,26-,27+,28+/m1/s1. The molecule has 3 fully saturated rings. The molecule has 1 aromatic carbocycles. The summed E-state index contributed by atoms with van der Waals surface area (Å²) in [6, 6.07) is 8.99. The zero-order chi connectivity index (χ0) is 34.5. The molecular formula is C35H52N6O5Si. The molecule has 4 atom stereocenters. The van der Waals surface area contributed by atoms with Crippen molar-refractivity contribution in [3.8, 4) is 0 Å². The van der Waals surface area contributed by atoms with Gasteiger partial charge in [-0.3, -0.25) is 23.9 Å². The van der Waals surface area contributed by atoms with E-state index in [1.807, 2.05) is 42.2 Å². The molecule has 0 unspecified atom stereocenters. The van der Waals surface area contributed by atoms with Crippen LogP contribution in [-0.4, -0.2) is 96.9 Å². The van der Waals surface area contributed by atoms with Gasteiger partial charge in [0.25, 0.3) is 5.91 Å². The number of carbonyl (C=O) groups is 4. The number of aromatic nitrogens is 2. The van der Waals surface area contributed by atoms with Crippen LogP contribution in [-0.2, 0) is 25.4 Å². The van der Waals surface area contributed by atoms with Crippen LogP contribution < -0.4 is 10.6 Å². The number of carbonyl (C=O) groups excluding carboxylic acids is 4. The molecule has 1 spiro atoms. The van der Waals surface area contributed by atoms with E-state index in [1.165, 1.54) is 0 Å². The molecule has 1 aliphatic carbocycles. The third kappa shape index (κ3) is 7.04. The van der Waals surface area contributed by atoms with Crippen LogP contribution in [0.4, 0.5) is 0 Å². The van der Waals surface area contributed by atoms with Crippen LogP contribution in [0.5, 0.6) is 0 Å². The topological polar surface area (TPSA) is 126 Å². The molecule has 4 amide bonds. The smallest absolute Gasteiger partial charge is 0.257 e. The minimum atomic E-state index is -2.26. The Balaban J connectivity index is 1.35. The largest absolute Gasteiger partial charge is 0.412 e. The lowest BCUT2D eigenvalue weighted by Crippen LogP contribution is -2.65. The second-order valence-electron chi connectivity index (χ2n) is 16.1. The molecule has 1 saturated carbocycles. The van der Waals surface area contributed by atoms with E-state index in [-0.39, 0.29) is 46.5 Å². The molecule has 0 radical (unpaired) electrons. The molecule has 0 bridgehead atoms. The number of benzene rings is 1. The molecule has 5 rings (SSSR count). The van der Waals surface area contributed by atoms with Gasteiger partial charge in [0.2, 0.25) is 17.7 Å². The average Bonchev–Trinajstić information content (AvgIpc) is 3.29. The van der Waals surface area contributed by atoms with E-state index >= 15 is 0 Å². The van der Waals surface area contributed by atoms with Crippen molar-refractivity contribution >= 4 is 31.9 Å². The Morgan fingerprint density at radius 2 is 1.66 bits per heavy atom. The Morgan fingerprint density at radius 1 is 1.04 bits per heavy atom. The Labute approximate surface area is 279 Å². The summed E-state index contributed by atoms with van der Waals surface area (Å²) in [6.07, 6.45) is 3.60. The van der Waals surface area contributed by atoms with Crippen LogP contribution in [0.25, 0.3) is 0 Å². The number of nitrogens with one attached hydrogen (secondary N) is 2. The van der Waals surface area contributed by atoms with E-state index in [0.29, 0.717) is 31.7 Å². The first kappa shape index (κ1) is 34.8. The Hall–Kier alpha value is -3.51. The molecule has 1 aromatic heterocycles. The summed E-state index contributed by atoms with van der Waals surface area (Å²) in [4.78, 5) is 58.0.